The zero-order valence-electron chi connectivity index (χ0n) is 19.4. The van der Waals surface area contributed by atoms with Gasteiger partial charge in [0.1, 0.15) is 40.4 Å². The Bertz CT molecular complexity index is 1600. The van der Waals surface area contributed by atoms with Gasteiger partial charge in [-0.05, 0) is 48.4 Å². The number of benzene rings is 4. The standard InChI is InChI=1S/C28H12F10O/c1-13-2-4-17(19(29)6-13)15-9-22(32)26(23(33)10-15)28(37,38)39-16-11-20(30)18(21(31)12-16)5-3-14-7-24(34)27(36)25(35)8-14/h2,4,6-12H,1H3. The van der Waals surface area contributed by atoms with Crippen LogP contribution in [-0.2, 0) is 6.11 Å². The molecule has 4 aromatic carbocycles. The van der Waals surface area contributed by atoms with E-state index in [1.165, 1.54) is 12.1 Å². The molecule has 0 amide bonds. The molecule has 0 saturated carbocycles. The molecule has 0 bridgehead atoms. The molecule has 1 nitrogen and oxygen atoms in total. The second-order valence-corrected chi connectivity index (χ2v) is 8.18. The second kappa shape index (κ2) is 10.4. The predicted molar refractivity (Wildman–Crippen MR) is 120 cm³/mol. The molecular formula is C28H12F10O. The van der Waals surface area contributed by atoms with Crippen LogP contribution in [0.3, 0.4) is 0 Å². The largest absolute Gasteiger partial charge is 0.432 e. The van der Waals surface area contributed by atoms with Gasteiger partial charge in [0.25, 0.3) is 0 Å². The Morgan fingerprint density at radius 2 is 1.18 bits per heavy atom. The van der Waals surface area contributed by atoms with Crippen molar-refractivity contribution >= 4 is 0 Å². The third-order valence-corrected chi connectivity index (χ3v) is 5.35. The van der Waals surface area contributed by atoms with Crippen molar-refractivity contribution in [1.29, 1.82) is 0 Å². The summed E-state index contributed by atoms with van der Waals surface area (Å²) in [6, 6.07) is 6.00. The van der Waals surface area contributed by atoms with Gasteiger partial charge >= 0.3 is 6.11 Å². The van der Waals surface area contributed by atoms with Crippen LogP contribution < -0.4 is 4.74 Å². The van der Waals surface area contributed by atoms with Crippen molar-refractivity contribution < 1.29 is 48.6 Å². The maximum atomic E-state index is 14.7. The first kappa shape index (κ1) is 27.6. The molecule has 0 N–H and O–H groups in total. The van der Waals surface area contributed by atoms with Crippen molar-refractivity contribution in [3.8, 4) is 28.7 Å². The SMILES string of the molecule is Cc1ccc(-c2cc(F)c(C(F)(F)Oc3cc(F)c(C#Cc4cc(F)c(F)c(F)c4)c(F)c3)c(F)c2)c(F)c1. The average molecular weight is 554 g/mol. The number of alkyl halides is 2. The van der Waals surface area contributed by atoms with Gasteiger partial charge in [-0.3, -0.25) is 0 Å². The molecule has 0 saturated heterocycles. The van der Waals surface area contributed by atoms with Crippen molar-refractivity contribution in [2.75, 3.05) is 0 Å². The van der Waals surface area contributed by atoms with Gasteiger partial charge in [0.05, 0.1) is 5.56 Å². The molecule has 11 heteroatoms. The third kappa shape index (κ3) is 5.70. The highest BCUT2D eigenvalue weighted by Crippen LogP contribution is 2.38. The molecule has 0 aliphatic rings. The van der Waals surface area contributed by atoms with Crippen molar-refractivity contribution in [3.63, 3.8) is 0 Å². The van der Waals surface area contributed by atoms with Gasteiger partial charge in [-0.25, -0.2) is 35.1 Å². The summed E-state index contributed by atoms with van der Waals surface area (Å²) in [4.78, 5) is 0. The van der Waals surface area contributed by atoms with Crippen LogP contribution >= 0.6 is 0 Å². The highest BCUT2D eigenvalue weighted by Gasteiger charge is 2.41. The lowest BCUT2D eigenvalue weighted by atomic mass is 10.0. The Labute approximate surface area is 214 Å². The molecule has 0 atom stereocenters. The molecule has 4 aromatic rings. The average Bonchev–Trinajstić information content (AvgIpc) is 2.80. The summed E-state index contributed by atoms with van der Waals surface area (Å²) in [5, 5.41) is 0. The molecule has 0 aliphatic carbocycles. The third-order valence-electron chi connectivity index (χ3n) is 5.35. The van der Waals surface area contributed by atoms with E-state index < -0.39 is 75.1 Å². The van der Waals surface area contributed by atoms with Gasteiger partial charge in [-0.2, -0.15) is 8.78 Å². The monoisotopic (exact) mass is 554 g/mol. The molecule has 0 aromatic heterocycles. The maximum absolute atomic E-state index is 14.7. The highest BCUT2D eigenvalue weighted by molar-refractivity contribution is 5.65. The summed E-state index contributed by atoms with van der Waals surface area (Å²) in [7, 11) is 0. The summed E-state index contributed by atoms with van der Waals surface area (Å²) >= 11 is 0. The molecule has 0 fully saturated rings. The molecule has 0 spiro atoms. The lowest BCUT2D eigenvalue weighted by molar-refractivity contribution is -0.189. The molecular weight excluding hydrogens is 542 g/mol. The van der Waals surface area contributed by atoms with Crippen molar-refractivity contribution in [3.05, 3.63) is 123 Å². The zero-order chi connectivity index (χ0) is 28.6. The minimum atomic E-state index is -4.78. The lowest BCUT2D eigenvalue weighted by Gasteiger charge is -2.20. The van der Waals surface area contributed by atoms with Gasteiger partial charge in [0.2, 0.25) is 0 Å². The minimum Gasteiger partial charge on any atom is -0.429 e. The summed E-state index contributed by atoms with van der Waals surface area (Å²) in [6.07, 6.45) is -4.78. The molecule has 0 heterocycles. The van der Waals surface area contributed by atoms with Crippen molar-refractivity contribution in [2.45, 2.75) is 13.0 Å². The Hall–Kier alpha value is -4.46. The van der Waals surface area contributed by atoms with Crippen molar-refractivity contribution in [2.24, 2.45) is 0 Å². The first-order valence-corrected chi connectivity index (χ1v) is 10.8. The smallest absolute Gasteiger partial charge is 0.429 e. The molecule has 0 radical (unpaired) electrons. The summed E-state index contributed by atoms with van der Waals surface area (Å²) in [5.41, 5.74) is -3.56. The Kier molecular flexibility index (Phi) is 7.33. The van der Waals surface area contributed by atoms with E-state index in [-0.39, 0.29) is 23.3 Å². The van der Waals surface area contributed by atoms with Crippen molar-refractivity contribution in [1.82, 2.24) is 0 Å². The van der Waals surface area contributed by atoms with E-state index in [9.17, 15) is 43.9 Å². The van der Waals surface area contributed by atoms with Gasteiger partial charge < -0.3 is 4.74 Å². The van der Waals surface area contributed by atoms with Crippen LogP contribution in [-0.4, -0.2) is 0 Å². The Balaban J connectivity index is 1.64. The van der Waals surface area contributed by atoms with Crippen LogP contribution in [0, 0.1) is 65.3 Å². The fourth-order valence-electron chi connectivity index (χ4n) is 3.55. The lowest BCUT2D eigenvalue weighted by Crippen LogP contribution is -2.25. The van der Waals surface area contributed by atoms with E-state index in [0.717, 1.165) is 6.07 Å². The van der Waals surface area contributed by atoms with Gasteiger partial charge in [-0.15, -0.1) is 0 Å². The van der Waals surface area contributed by atoms with Crippen LogP contribution in [0.4, 0.5) is 43.9 Å². The number of ether oxygens (including phenoxy) is 1. The molecule has 0 unspecified atom stereocenters. The number of halogens is 10. The van der Waals surface area contributed by atoms with E-state index in [1.54, 1.807) is 6.92 Å². The Morgan fingerprint density at radius 3 is 1.72 bits per heavy atom. The topological polar surface area (TPSA) is 9.23 Å². The highest BCUT2D eigenvalue weighted by atomic mass is 19.3. The van der Waals surface area contributed by atoms with E-state index in [1.807, 2.05) is 11.8 Å². The zero-order valence-corrected chi connectivity index (χ0v) is 19.4. The van der Waals surface area contributed by atoms with Crippen LogP contribution in [0.1, 0.15) is 22.3 Å². The number of hydrogen-bond donors (Lipinski definition) is 0. The van der Waals surface area contributed by atoms with E-state index in [4.69, 9.17) is 0 Å². The fraction of sp³-hybridized carbons (Fsp3) is 0.0714. The molecule has 39 heavy (non-hydrogen) atoms. The summed E-state index contributed by atoms with van der Waals surface area (Å²) in [5.74, 6) is -9.94. The van der Waals surface area contributed by atoms with Crippen LogP contribution in [0.25, 0.3) is 11.1 Å². The predicted octanol–water partition coefficient (Wildman–Crippen LogP) is 8.30. The normalized spacial score (nSPS) is 11.3. The quantitative estimate of drug-likeness (QED) is 0.140. The molecule has 200 valence electrons. The Morgan fingerprint density at radius 1 is 0.615 bits per heavy atom. The maximum Gasteiger partial charge on any atom is 0.432 e. The van der Waals surface area contributed by atoms with E-state index >= 15 is 0 Å². The number of aryl methyl sites for hydroxylation is 1. The summed E-state index contributed by atoms with van der Waals surface area (Å²) < 4.78 is 145. The molecule has 4 rings (SSSR count). The first-order chi connectivity index (χ1) is 18.3. The summed E-state index contributed by atoms with van der Waals surface area (Å²) in [6.45, 7) is 1.56. The van der Waals surface area contributed by atoms with Crippen LogP contribution in [0.2, 0.25) is 0 Å². The van der Waals surface area contributed by atoms with E-state index in [2.05, 4.69) is 4.74 Å². The van der Waals surface area contributed by atoms with E-state index in [0.29, 0.717) is 29.8 Å². The second-order valence-electron chi connectivity index (χ2n) is 8.18. The van der Waals surface area contributed by atoms with Gasteiger partial charge in [0.15, 0.2) is 17.5 Å². The molecule has 0 aliphatic heterocycles. The first-order valence-electron chi connectivity index (χ1n) is 10.8. The van der Waals surface area contributed by atoms with Crippen LogP contribution in [0.5, 0.6) is 5.75 Å². The van der Waals surface area contributed by atoms with Gasteiger partial charge in [0, 0.05) is 23.3 Å². The number of hydrogen-bond acceptors (Lipinski definition) is 1. The minimum absolute atomic E-state index is 0.235. The van der Waals surface area contributed by atoms with Crippen LogP contribution in [0.15, 0.2) is 54.6 Å². The number of rotatable bonds is 4. The fourth-order valence-corrected chi connectivity index (χ4v) is 3.55. The van der Waals surface area contributed by atoms with Gasteiger partial charge in [-0.1, -0.05) is 24.0 Å².